The van der Waals surface area contributed by atoms with E-state index in [1.807, 2.05) is 0 Å². The highest BCUT2D eigenvalue weighted by Crippen LogP contribution is 2.21. The van der Waals surface area contributed by atoms with Crippen molar-refractivity contribution in [3.05, 3.63) is 25.3 Å². The summed E-state index contributed by atoms with van der Waals surface area (Å²) in [6.45, 7) is 5.92. The van der Waals surface area contributed by atoms with Crippen LogP contribution in [0.4, 0.5) is 0 Å². The zero-order valence-electron chi connectivity index (χ0n) is 29.3. The maximum atomic E-state index is 9.25. The monoisotopic (exact) mass is 655 g/mol. The van der Waals surface area contributed by atoms with E-state index >= 15 is 0 Å². The minimum atomic E-state index is -0.981. The number of nitrogens with two attached hydrogens (primary N) is 6. The Hall–Kier alpha value is -1.82. The van der Waals surface area contributed by atoms with Crippen molar-refractivity contribution in [3.63, 3.8) is 0 Å². The molecule has 0 unspecified atom stereocenters. The Kier molecular flexibility index (Phi) is 29.5. The lowest BCUT2D eigenvalue weighted by molar-refractivity contribution is -0.132. The summed E-state index contributed by atoms with van der Waals surface area (Å²) >= 11 is 0. The molecule has 0 bridgehead atoms. The first-order valence-electron chi connectivity index (χ1n) is 18.1. The fourth-order valence-corrected chi connectivity index (χ4v) is 5.75. The number of carboxylic acid groups (broad SMARTS) is 2. The van der Waals surface area contributed by atoms with Gasteiger partial charge in [-0.1, -0.05) is 148 Å². The SMILES string of the molecule is C=CC(=O)O.C=CC(=O)O.NC1(N)CCCCCCCCC1.NC1(N)CCCCCCCCC1.NC1(N)CCCCCCCCC1. The fourth-order valence-electron chi connectivity index (χ4n) is 5.75. The van der Waals surface area contributed by atoms with Crippen LogP contribution in [0.5, 0.6) is 0 Å². The third-order valence-electron chi connectivity index (χ3n) is 8.70. The second kappa shape index (κ2) is 29.3. The van der Waals surface area contributed by atoms with Crippen LogP contribution in [0.1, 0.15) is 173 Å². The van der Waals surface area contributed by atoms with E-state index in [0.717, 1.165) is 50.7 Å². The molecule has 3 rings (SSSR count). The molecule has 46 heavy (non-hydrogen) atoms. The summed E-state index contributed by atoms with van der Waals surface area (Å²) in [5, 5.41) is 15.2. The maximum absolute atomic E-state index is 9.25. The standard InChI is InChI=1S/3C10H22N2.2C3H4O2/c3*11-10(12)8-6-4-2-1-3-5-7-9-10;2*1-2-3(4)5/h3*1-9,11-12H2;2*2H,1H2,(H,4,5). The number of carbonyl (C=O) groups is 2. The average molecular weight is 655 g/mol. The molecule has 0 atom stereocenters. The molecule has 3 aliphatic carbocycles. The molecule has 0 radical (unpaired) electrons. The van der Waals surface area contributed by atoms with Gasteiger partial charge in [-0.15, -0.1) is 0 Å². The number of carboxylic acids is 2. The summed E-state index contributed by atoms with van der Waals surface area (Å²) < 4.78 is 0. The van der Waals surface area contributed by atoms with E-state index in [-0.39, 0.29) is 17.0 Å². The van der Waals surface area contributed by atoms with Crippen LogP contribution in [0.25, 0.3) is 0 Å². The van der Waals surface area contributed by atoms with Crippen molar-refractivity contribution in [1.82, 2.24) is 0 Å². The summed E-state index contributed by atoms with van der Waals surface area (Å²) in [5.41, 5.74) is 34.6. The van der Waals surface area contributed by atoms with Crippen LogP contribution in [0.15, 0.2) is 25.3 Å². The zero-order valence-corrected chi connectivity index (χ0v) is 29.3. The Bertz CT molecular complexity index is 648. The van der Waals surface area contributed by atoms with Gasteiger partial charge >= 0.3 is 11.9 Å². The Balaban J connectivity index is 0. The first-order chi connectivity index (χ1) is 21.7. The van der Waals surface area contributed by atoms with E-state index in [4.69, 9.17) is 44.6 Å². The molecule has 0 aliphatic heterocycles. The topological polar surface area (TPSA) is 231 Å². The van der Waals surface area contributed by atoms with Gasteiger partial charge in [0.2, 0.25) is 0 Å². The van der Waals surface area contributed by atoms with Gasteiger partial charge in [-0.2, -0.15) is 0 Å². The van der Waals surface area contributed by atoms with Gasteiger partial charge in [0.1, 0.15) is 0 Å². The van der Waals surface area contributed by atoms with Gasteiger partial charge in [-0.3, -0.25) is 0 Å². The van der Waals surface area contributed by atoms with Crippen LogP contribution >= 0.6 is 0 Å². The van der Waals surface area contributed by atoms with Crippen LogP contribution in [-0.4, -0.2) is 39.1 Å². The Morgan fingerprint density at radius 1 is 0.370 bits per heavy atom. The van der Waals surface area contributed by atoms with Crippen molar-refractivity contribution in [2.45, 2.75) is 190 Å². The van der Waals surface area contributed by atoms with Crippen LogP contribution < -0.4 is 34.4 Å². The van der Waals surface area contributed by atoms with Crippen molar-refractivity contribution >= 4 is 11.9 Å². The van der Waals surface area contributed by atoms with E-state index < -0.39 is 11.9 Å². The van der Waals surface area contributed by atoms with Crippen molar-refractivity contribution in [1.29, 1.82) is 0 Å². The predicted octanol–water partition coefficient (Wildman–Crippen LogP) is 6.89. The van der Waals surface area contributed by atoms with Gasteiger partial charge in [0.25, 0.3) is 0 Å². The first kappa shape index (κ1) is 46.3. The predicted molar refractivity (Wildman–Crippen MR) is 194 cm³/mol. The molecule has 0 saturated heterocycles. The van der Waals surface area contributed by atoms with E-state index in [9.17, 15) is 9.59 Å². The Morgan fingerprint density at radius 3 is 0.587 bits per heavy atom. The number of hydrogen-bond acceptors (Lipinski definition) is 8. The molecule has 0 heterocycles. The van der Waals surface area contributed by atoms with E-state index in [2.05, 4.69) is 13.2 Å². The smallest absolute Gasteiger partial charge is 0.327 e. The molecule has 0 aromatic rings. The summed E-state index contributed by atoms with van der Waals surface area (Å²) in [4.78, 5) is 18.5. The molecule has 0 aromatic carbocycles. The highest BCUT2D eigenvalue weighted by molar-refractivity contribution is 5.79. The van der Waals surface area contributed by atoms with Crippen LogP contribution in [0.2, 0.25) is 0 Å². The van der Waals surface area contributed by atoms with Gasteiger partial charge in [0.05, 0.1) is 17.0 Å². The van der Waals surface area contributed by atoms with Crippen LogP contribution in [0, 0.1) is 0 Å². The minimum Gasteiger partial charge on any atom is -0.478 e. The molecule has 0 amide bonds. The van der Waals surface area contributed by atoms with E-state index in [1.54, 1.807) is 0 Å². The van der Waals surface area contributed by atoms with Gasteiger partial charge in [-0.05, 0) is 38.5 Å². The second-order valence-electron chi connectivity index (χ2n) is 13.7. The third-order valence-corrected chi connectivity index (χ3v) is 8.70. The van der Waals surface area contributed by atoms with Crippen molar-refractivity contribution in [3.8, 4) is 0 Å². The number of rotatable bonds is 2. The maximum Gasteiger partial charge on any atom is 0.327 e. The lowest BCUT2D eigenvalue weighted by Crippen LogP contribution is -2.49. The number of hydrogen-bond donors (Lipinski definition) is 8. The summed E-state index contributed by atoms with van der Waals surface area (Å²) in [7, 11) is 0. The number of aliphatic carboxylic acids is 2. The Labute approximate surface area is 281 Å². The molecule has 272 valence electrons. The van der Waals surface area contributed by atoms with Gasteiger partial charge in [-0.25, -0.2) is 9.59 Å². The summed E-state index contributed by atoms with van der Waals surface area (Å²) in [6, 6.07) is 0. The van der Waals surface area contributed by atoms with Crippen LogP contribution in [-0.2, 0) is 9.59 Å². The highest BCUT2D eigenvalue weighted by Gasteiger charge is 2.19. The highest BCUT2D eigenvalue weighted by atomic mass is 16.4. The average Bonchev–Trinajstić information content (AvgIpc) is 3.00. The van der Waals surface area contributed by atoms with E-state index in [1.165, 1.54) is 135 Å². The van der Waals surface area contributed by atoms with Gasteiger partial charge < -0.3 is 44.6 Å². The van der Waals surface area contributed by atoms with Crippen molar-refractivity contribution in [2.75, 3.05) is 0 Å². The molecule has 3 fully saturated rings. The Morgan fingerprint density at radius 2 is 0.478 bits per heavy atom. The van der Waals surface area contributed by atoms with Crippen molar-refractivity contribution < 1.29 is 19.8 Å². The molecule has 14 N–H and O–H groups in total. The van der Waals surface area contributed by atoms with Gasteiger partial charge in [0, 0.05) is 12.2 Å². The molecule has 10 heteroatoms. The van der Waals surface area contributed by atoms with Crippen molar-refractivity contribution in [2.24, 2.45) is 34.4 Å². The quantitative estimate of drug-likeness (QED) is 0.113. The normalized spacial score (nSPS) is 22.1. The molecular formula is C36H74N6O4. The third kappa shape index (κ3) is 36.6. The summed E-state index contributed by atoms with van der Waals surface area (Å²) in [6.07, 6.45) is 35.3. The zero-order chi connectivity index (χ0) is 35.2. The lowest BCUT2D eigenvalue weighted by Gasteiger charge is -2.25. The fraction of sp³-hybridized carbons (Fsp3) is 0.833. The molecule has 0 spiro atoms. The second-order valence-corrected chi connectivity index (χ2v) is 13.7. The lowest BCUT2D eigenvalue weighted by atomic mass is 9.94. The largest absolute Gasteiger partial charge is 0.478 e. The molecule has 3 aliphatic rings. The first-order valence-corrected chi connectivity index (χ1v) is 18.1. The van der Waals surface area contributed by atoms with E-state index in [0.29, 0.717) is 0 Å². The molecule has 3 saturated carbocycles. The van der Waals surface area contributed by atoms with Crippen LogP contribution in [0.3, 0.4) is 0 Å². The molecular weight excluding hydrogens is 580 g/mol. The van der Waals surface area contributed by atoms with Gasteiger partial charge in [0.15, 0.2) is 0 Å². The molecule has 10 nitrogen and oxygen atoms in total. The molecule has 0 aromatic heterocycles. The minimum absolute atomic E-state index is 0.364. The summed E-state index contributed by atoms with van der Waals surface area (Å²) in [5.74, 6) is -1.96.